The van der Waals surface area contributed by atoms with Crippen LogP contribution in [0.3, 0.4) is 0 Å². The van der Waals surface area contributed by atoms with Crippen molar-refractivity contribution in [3.05, 3.63) is 11.9 Å². The fourth-order valence-corrected chi connectivity index (χ4v) is 4.52. The highest BCUT2D eigenvalue weighted by atomic mass is 16.2. The standard InChI is InChI=1S/C20H34N6O3/c1-13(27)24-10-7-15(8-11-24)18(26(22)12-16(21)14-5-6-14)20(29)25-9-3-4-17(25)19(28)23-2/h12,14-15,17-18H,3-11,21-22H2,1-2H3,(H,23,28)/b16-12-. The maximum absolute atomic E-state index is 13.6. The number of likely N-dealkylation sites (tertiary alicyclic amines) is 2. The molecule has 0 aromatic carbocycles. The van der Waals surface area contributed by atoms with E-state index in [0.29, 0.717) is 50.5 Å². The van der Waals surface area contributed by atoms with E-state index >= 15 is 0 Å². The van der Waals surface area contributed by atoms with Crippen LogP contribution in [0.4, 0.5) is 0 Å². The van der Waals surface area contributed by atoms with E-state index in [4.69, 9.17) is 11.6 Å². The summed E-state index contributed by atoms with van der Waals surface area (Å²) in [5, 5.41) is 4.12. The maximum atomic E-state index is 13.6. The molecule has 2 aliphatic heterocycles. The molecule has 2 unspecified atom stereocenters. The third kappa shape index (κ3) is 4.83. The molecule has 0 bridgehead atoms. The van der Waals surface area contributed by atoms with Crippen molar-refractivity contribution in [3.8, 4) is 0 Å². The molecule has 2 saturated heterocycles. The molecule has 2 atom stereocenters. The maximum Gasteiger partial charge on any atom is 0.247 e. The number of amides is 3. The fraction of sp³-hybridized carbons (Fsp3) is 0.750. The first kappa shape index (κ1) is 21.4. The van der Waals surface area contributed by atoms with Crippen LogP contribution < -0.4 is 16.9 Å². The number of nitrogens with two attached hydrogens (primary N) is 2. The van der Waals surface area contributed by atoms with E-state index in [2.05, 4.69) is 5.32 Å². The summed E-state index contributed by atoms with van der Waals surface area (Å²) in [7, 11) is 1.59. The van der Waals surface area contributed by atoms with Crippen LogP contribution in [0.15, 0.2) is 11.9 Å². The molecule has 1 aliphatic carbocycles. The first-order valence-electron chi connectivity index (χ1n) is 10.6. The quantitative estimate of drug-likeness (QED) is 0.412. The predicted octanol–water partition coefficient (Wildman–Crippen LogP) is -0.264. The molecular weight excluding hydrogens is 372 g/mol. The monoisotopic (exact) mass is 406 g/mol. The minimum Gasteiger partial charge on any atom is -0.401 e. The van der Waals surface area contributed by atoms with Gasteiger partial charge in [0, 0.05) is 51.4 Å². The van der Waals surface area contributed by atoms with Gasteiger partial charge in [-0.05, 0) is 44.4 Å². The number of piperidine rings is 1. The fourth-order valence-electron chi connectivity index (χ4n) is 4.52. The van der Waals surface area contributed by atoms with Gasteiger partial charge in [0.25, 0.3) is 0 Å². The Morgan fingerprint density at radius 1 is 1.10 bits per heavy atom. The Labute approximate surface area is 172 Å². The average molecular weight is 407 g/mol. The second kappa shape index (κ2) is 9.02. The normalized spacial score (nSPS) is 24.4. The molecular formula is C20H34N6O3. The molecule has 2 heterocycles. The lowest BCUT2D eigenvalue weighted by atomic mass is 9.87. The zero-order valence-electron chi connectivity index (χ0n) is 17.5. The number of carbonyl (C=O) groups is 3. The number of rotatable bonds is 6. The molecule has 3 amide bonds. The van der Waals surface area contributed by atoms with Crippen LogP contribution in [0.5, 0.6) is 0 Å². The number of allylic oxidation sites excluding steroid dienone is 1. The van der Waals surface area contributed by atoms with E-state index in [0.717, 1.165) is 19.3 Å². The van der Waals surface area contributed by atoms with Crippen molar-refractivity contribution in [1.29, 1.82) is 0 Å². The smallest absolute Gasteiger partial charge is 0.247 e. The molecule has 29 heavy (non-hydrogen) atoms. The number of nitrogens with one attached hydrogen (secondary N) is 1. The van der Waals surface area contributed by atoms with Crippen molar-refractivity contribution < 1.29 is 14.4 Å². The van der Waals surface area contributed by atoms with Gasteiger partial charge >= 0.3 is 0 Å². The summed E-state index contributed by atoms with van der Waals surface area (Å²) in [6.07, 6.45) is 6.64. The van der Waals surface area contributed by atoms with Gasteiger partial charge in [0.1, 0.15) is 12.1 Å². The van der Waals surface area contributed by atoms with Gasteiger partial charge in [-0.1, -0.05) is 0 Å². The summed E-state index contributed by atoms with van der Waals surface area (Å²) in [5.74, 6) is 6.51. The molecule has 162 valence electrons. The summed E-state index contributed by atoms with van der Waals surface area (Å²) in [5.41, 5.74) is 6.86. The van der Waals surface area contributed by atoms with E-state index in [1.165, 1.54) is 5.01 Å². The highest BCUT2D eigenvalue weighted by Gasteiger charge is 2.42. The van der Waals surface area contributed by atoms with Gasteiger partial charge in [0.2, 0.25) is 17.7 Å². The van der Waals surface area contributed by atoms with Crippen molar-refractivity contribution in [3.63, 3.8) is 0 Å². The Balaban J connectivity index is 1.80. The molecule has 1 saturated carbocycles. The number of carbonyl (C=O) groups excluding carboxylic acids is 3. The summed E-state index contributed by atoms with van der Waals surface area (Å²) >= 11 is 0. The zero-order chi connectivity index (χ0) is 21.1. The van der Waals surface area contributed by atoms with Crippen LogP contribution in [0.25, 0.3) is 0 Å². The van der Waals surface area contributed by atoms with E-state index in [1.54, 1.807) is 30.0 Å². The minimum absolute atomic E-state index is 0.00251. The molecule has 9 nitrogen and oxygen atoms in total. The van der Waals surface area contributed by atoms with Crippen molar-refractivity contribution >= 4 is 17.7 Å². The van der Waals surface area contributed by atoms with Crippen LogP contribution in [-0.4, -0.2) is 71.3 Å². The van der Waals surface area contributed by atoms with E-state index < -0.39 is 12.1 Å². The Bertz CT molecular complexity index is 669. The second-order valence-electron chi connectivity index (χ2n) is 8.44. The van der Waals surface area contributed by atoms with Crippen molar-refractivity contribution in [2.75, 3.05) is 26.7 Å². The number of nitrogens with zero attached hydrogens (tertiary/aromatic N) is 3. The SMILES string of the molecule is CNC(=O)C1CCCN1C(=O)C(C1CCN(C(C)=O)CC1)N(N)/C=C(\N)C1CC1. The molecule has 0 radical (unpaired) electrons. The van der Waals surface area contributed by atoms with Gasteiger partial charge in [-0.2, -0.15) is 0 Å². The molecule has 9 heteroatoms. The van der Waals surface area contributed by atoms with Gasteiger partial charge in [-0.3, -0.25) is 14.4 Å². The van der Waals surface area contributed by atoms with Crippen LogP contribution in [0.2, 0.25) is 0 Å². The topological polar surface area (TPSA) is 125 Å². The lowest BCUT2D eigenvalue weighted by molar-refractivity contribution is -0.144. The highest BCUT2D eigenvalue weighted by molar-refractivity contribution is 5.90. The lowest BCUT2D eigenvalue weighted by Gasteiger charge is -2.40. The minimum atomic E-state index is -0.591. The summed E-state index contributed by atoms with van der Waals surface area (Å²) in [4.78, 5) is 41.0. The predicted molar refractivity (Wildman–Crippen MR) is 109 cm³/mol. The van der Waals surface area contributed by atoms with Crippen LogP contribution in [0.1, 0.15) is 45.4 Å². The van der Waals surface area contributed by atoms with Gasteiger partial charge in [-0.25, -0.2) is 5.84 Å². The molecule has 0 spiro atoms. The summed E-state index contributed by atoms with van der Waals surface area (Å²) < 4.78 is 0. The second-order valence-corrected chi connectivity index (χ2v) is 8.44. The van der Waals surface area contributed by atoms with Crippen LogP contribution in [-0.2, 0) is 14.4 Å². The zero-order valence-corrected chi connectivity index (χ0v) is 17.5. The van der Waals surface area contributed by atoms with Crippen LogP contribution >= 0.6 is 0 Å². The van der Waals surface area contributed by atoms with Gasteiger partial charge in [0.05, 0.1) is 0 Å². The van der Waals surface area contributed by atoms with E-state index in [-0.39, 0.29) is 23.6 Å². The van der Waals surface area contributed by atoms with Crippen molar-refractivity contribution in [2.45, 2.75) is 57.5 Å². The third-order valence-electron chi connectivity index (χ3n) is 6.44. The lowest BCUT2D eigenvalue weighted by Crippen LogP contribution is -2.58. The molecule has 5 N–H and O–H groups in total. The number of hydrogen-bond donors (Lipinski definition) is 3. The van der Waals surface area contributed by atoms with E-state index in [9.17, 15) is 14.4 Å². The molecule has 0 aromatic rings. The van der Waals surface area contributed by atoms with Crippen LogP contribution in [0, 0.1) is 11.8 Å². The summed E-state index contributed by atoms with van der Waals surface area (Å²) in [6, 6.07) is -1.04. The highest BCUT2D eigenvalue weighted by Crippen LogP contribution is 2.34. The largest absolute Gasteiger partial charge is 0.401 e. The Kier molecular flexibility index (Phi) is 6.66. The van der Waals surface area contributed by atoms with Crippen molar-refractivity contribution in [1.82, 2.24) is 20.1 Å². The van der Waals surface area contributed by atoms with Crippen molar-refractivity contribution in [2.24, 2.45) is 23.4 Å². The molecule has 0 aromatic heterocycles. The van der Waals surface area contributed by atoms with Gasteiger partial charge in [0.15, 0.2) is 0 Å². The molecule has 3 aliphatic rings. The Morgan fingerprint density at radius 2 is 1.76 bits per heavy atom. The average Bonchev–Trinajstić information content (AvgIpc) is 3.44. The Hall–Kier alpha value is -2.29. The van der Waals surface area contributed by atoms with Gasteiger partial charge in [-0.15, -0.1) is 0 Å². The molecule has 3 fully saturated rings. The summed E-state index contributed by atoms with van der Waals surface area (Å²) in [6.45, 7) is 3.33. The number of likely N-dealkylation sites (N-methyl/N-ethyl adjacent to an activating group) is 1. The first-order valence-corrected chi connectivity index (χ1v) is 10.6. The Morgan fingerprint density at radius 3 is 2.31 bits per heavy atom. The van der Waals surface area contributed by atoms with E-state index in [1.807, 2.05) is 0 Å². The number of hydrogen-bond acceptors (Lipinski definition) is 6. The molecule has 3 rings (SSSR count). The van der Waals surface area contributed by atoms with Gasteiger partial charge < -0.3 is 25.9 Å². The number of hydrazine groups is 1. The third-order valence-corrected chi connectivity index (χ3v) is 6.44. The first-order chi connectivity index (χ1) is 13.8.